The van der Waals surface area contributed by atoms with Gasteiger partial charge in [-0.3, -0.25) is 0 Å². The fraction of sp³-hybridized carbons (Fsp3) is 0.231. The Morgan fingerprint density at radius 2 is 1.80 bits per heavy atom. The molecular formula is C26H23BrN2O6. The van der Waals surface area contributed by atoms with Gasteiger partial charge in [0.25, 0.3) is 0 Å². The standard InChI is InChI=1S/C26H23BrN2O6/c1-32-16-7-4-14(5-8-16)19-13-20-18-12-15(27)6-10-21(18)35-25(29(20)28-19)17-9-11-22(33-2)24(34-3)23(17)26(30)31/h4-12,20,25H,13H2,1-3H3,(H,30,31)/t20-,25+/m0/s1. The van der Waals surface area contributed by atoms with Crippen molar-refractivity contribution in [2.24, 2.45) is 5.10 Å². The van der Waals surface area contributed by atoms with Crippen LogP contribution in [0.3, 0.4) is 0 Å². The number of ether oxygens (including phenoxy) is 4. The summed E-state index contributed by atoms with van der Waals surface area (Å²) in [5.74, 6) is 0.761. The largest absolute Gasteiger partial charge is 0.497 e. The number of hydrogen-bond acceptors (Lipinski definition) is 7. The summed E-state index contributed by atoms with van der Waals surface area (Å²) in [6.07, 6.45) is -0.152. The molecule has 35 heavy (non-hydrogen) atoms. The number of hydrogen-bond donors (Lipinski definition) is 1. The van der Waals surface area contributed by atoms with Crippen molar-refractivity contribution in [2.45, 2.75) is 18.7 Å². The van der Waals surface area contributed by atoms with E-state index in [4.69, 9.17) is 24.0 Å². The van der Waals surface area contributed by atoms with Crippen molar-refractivity contribution >= 4 is 27.6 Å². The molecule has 180 valence electrons. The molecular weight excluding hydrogens is 516 g/mol. The van der Waals surface area contributed by atoms with Gasteiger partial charge in [-0.15, -0.1) is 0 Å². The molecule has 5 rings (SSSR count). The molecule has 8 nitrogen and oxygen atoms in total. The van der Waals surface area contributed by atoms with Gasteiger partial charge in [0.15, 0.2) is 11.5 Å². The maximum absolute atomic E-state index is 12.4. The summed E-state index contributed by atoms with van der Waals surface area (Å²) in [4.78, 5) is 12.4. The second-order valence-electron chi connectivity index (χ2n) is 8.10. The van der Waals surface area contributed by atoms with E-state index in [2.05, 4.69) is 15.9 Å². The topological polar surface area (TPSA) is 89.8 Å². The molecule has 2 aliphatic heterocycles. The van der Waals surface area contributed by atoms with Crippen molar-refractivity contribution in [3.8, 4) is 23.0 Å². The monoisotopic (exact) mass is 538 g/mol. The van der Waals surface area contributed by atoms with Crippen molar-refractivity contribution in [1.29, 1.82) is 0 Å². The average molecular weight is 539 g/mol. The minimum Gasteiger partial charge on any atom is -0.497 e. The lowest BCUT2D eigenvalue weighted by molar-refractivity contribution is -0.0199. The van der Waals surface area contributed by atoms with Crippen LogP contribution in [0.25, 0.3) is 0 Å². The van der Waals surface area contributed by atoms with Crippen molar-refractivity contribution in [3.63, 3.8) is 0 Å². The number of fused-ring (bicyclic) bond motifs is 3. The average Bonchev–Trinajstić information content (AvgIpc) is 3.33. The molecule has 0 aromatic heterocycles. The molecule has 3 aromatic rings. The number of methoxy groups -OCH3 is 3. The number of carboxylic acids is 1. The maximum atomic E-state index is 12.4. The molecule has 2 atom stereocenters. The fourth-order valence-electron chi connectivity index (χ4n) is 4.59. The molecule has 0 saturated carbocycles. The van der Waals surface area contributed by atoms with Crippen LogP contribution in [-0.2, 0) is 0 Å². The van der Waals surface area contributed by atoms with Crippen LogP contribution in [0.2, 0.25) is 0 Å². The van der Waals surface area contributed by atoms with Crippen LogP contribution in [-0.4, -0.2) is 43.1 Å². The normalized spacial score (nSPS) is 18.2. The van der Waals surface area contributed by atoms with Gasteiger partial charge in [-0.05, 0) is 60.2 Å². The van der Waals surface area contributed by atoms with E-state index in [9.17, 15) is 9.90 Å². The quantitative estimate of drug-likeness (QED) is 0.448. The van der Waals surface area contributed by atoms with E-state index in [1.807, 2.05) is 47.5 Å². The van der Waals surface area contributed by atoms with Crippen molar-refractivity contribution in [2.75, 3.05) is 21.3 Å². The molecule has 9 heteroatoms. The minimum absolute atomic E-state index is 0.0238. The number of aromatic carboxylic acids is 1. The number of rotatable bonds is 6. The number of nitrogens with zero attached hydrogens (tertiary/aromatic N) is 2. The number of hydrazone groups is 1. The fourth-order valence-corrected chi connectivity index (χ4v) is 4.97. The Labute approximate surface area is 210 Å². The van der Waals surface area contributed by atoms with Crippen LogP contribution < -0.4 is 18.9 Å². The first-order valence-electron chi connectivity index (χ1n) is 10.9. The van der Waals surface area contributed by atoms with E-state index in [1.54, 1.807) is 19.2 Å². The van der Waals surface area contributed by atoms with E-state index >= 15 is 0 Å². The maximum Gasteiger partial charge on any atom is 0.340 e. The van der Waals surface area contributed by atoms with Gasteiger partial charge in [-0.2, -0.15) is 5.10 Å². The Balaban J connectivity index is 1.66. The number of carbonyl (C=O) groups is 1. The summed E-state index contributed by atoms with van der Waals surface area (Å²) in [5, 5.41) is 16.9. The highest BCUT2D eigenvalue weighted by Crippen LogP contribution is 2.50. The Bertz CT molecular complexity index is 1320. The summed E-state index contributed by atoms with van der Waals surface area (Å²) in [5.41, 5.74) is 3.20. The zero-order valence-corrected chi connectivity index (χ0v) is 20.9. The van der Waals surface area contributed by atoms with Crippen LogP contribution >= 0.6 is 15.9 Å². The van der Waals surface area contributed by atoms with Crippen molar-refractivity contribution in [3.05, 3.63) is 81.3 Å². The number of benzene rings is 3. The van der Waals surface area contributed by atoms with E-state index in [1.165, 1.54) is 14.2 Å². The summed E-state index contributed by atoms with van der Waals surface area (Å²) in [7, 11) is 4.51. The van der Waals surface area contributed by atoms with Gasteiger partial charge < -0.3 is 24.1 Å². The Morgan fingerprint density at radius 1 is 1.03 bits per heavy atom. The SMILES string of the molecule is COc1ccc(C2=NN3[C@@H](c4ccc(OC)c(OC)c4C(=O)O)Oc4ccc(Br)cc4[C@@H]3C2)cc1. The van der Waals surface area contributed by atoms with Crippen LogP contribution in [0.5, 0.6) is 23.0 Å². The third kappa shape index (κ3) is 3.95. The number of halogens is 1. The van der Waals surface area contributed by atoms with Gasteiger partial charge in [0, 0.05) is 22.0 Å². The van der Waals surface area contributed by atoms with Crippen molar-refractivity contribution in [1.82, 2.24) is 5.01 Å². The van der Waals surface area contributed by atoms with Gasteiger partial charge in [-0.25, -0.2) is 9.80 Å². The molecule has 0 amide bonds. The first-order valence-corrected chi connectivity index (χ1v) is 11.7. The number of carboxylic acid groups (broad SMARTS) is 1. The van der Waals surface area contributed by atoms with Crippen LogP contribution in [0.4, 0.5) is 0 Å². The summed E-state index contributed by atoms with van der Waals surface area (Å²) >= 11 is 3.56. The predicted octanol–water partition coefficient (Wildman–Crippen LogP) is 5.42. The van der Waals surface area contributed by atoms with Gasteiger partial charge in [0.1, 0.15) is 17.1 Å². The molecule has 3 aromatic carbocycles. The summed E-state index contributed by atoms with van der Waals surface area (Å²) in [6.45, 7) is 0. The lowest BCUT2D eigenvalue weighted by Gasteiger charge is -2.38. The first kappa shape index (κ1) is 23.0. The molecule has 0 unspecified atom stereocenters. The molecule has 2 aliphatic rings. The first-order chi connectivity index (χ1) is 16.9. The lowest BCUT2D eigenvalue weighted by Crippen LogP contribution is -2.34. The van der Waals surface area contributed by atoms with Crippen LogP contribution in [0.1, 0.15) is 45.7 Å². The highest BCUT2D eigenvalue weighted by Gasteiger charge is 2.43. The molecule has 0 fully saturated rings. The van der Waals surface area contributed by atoms with Gasteiger partial charge in [0.05, 0.1) is 33.1 Å². The smallest absolute Gasteiger partial charge is 0.340 e. The molecule has 1 N–H and O–H groups in total. The predicted molar refractivity (Wildman–Crippen MR) is 133 cm³/mol. The van der Waals surface area contributed by atoms with Crippen LogP contribution in [0.15, 0.2) is 64.2 Å². The second kappa shape index (κ2) is 9.14. The van der Waals surface area contributed by atoms with E-state index in [-0.39, 0.29) is 17.4 Å². The molecule has 2 heterocycles. The highest BCUT2D eigenvalue weighted by molar-refractivity contribution is 9.10. The zero-order chi connectivity index (χ0) is 24.7. The highest BCUT2D eigenvalue weighted by atomic mass is 79.9. The van der Waals surface area contributed by atoms with E-state index < -0.39 is 12.2 Å². The molecule has 0 bridgehead atoms. The van der Waals surface area contributed by atoms with E-state index in [0.29, 0.717) is 23.5 Å². The van der Waals surface area contributed by atoms with Crippen molar-refractivity contribution < 1.29 is 28.8 Å². The Kier molecular flexibility index (Phi) is 6.02. The second-order valence-corrected chi connectivity index (χ2v) is 9.01. The van der Waals surface area contributed by atoms with Gasteiger partial charge in [0.2, 0.25) is 6.23 Å². The molecule has 0 spiro atoms. The molecule has 0 aliphatic carbocycles. The molecule has 0 saturated heterocycles. The zero-order valence-electron chi connectivity index (χ0n) is 19.3. The summed E-state index contributed by atoms with van der Waals surface area (Å²) < 4.78 is 23.4. The van der Waals surface area contributed by atoms with Crippen LogP contribution in [0, 0.1) is 0 Å². The summed E-state index contributed by atoms with van der Waals surface area (Å²) in [6, 6.07) is 16.7. The van der Waals surface area contributed by atoms with Gasteiger partial charge >= 0.3 is 5.97 Å². The third-order valence-corrected chi connectivity index (χ3v) is 6.73. The Morgan fingerprint density at radius 3 is 2.46 bits per heavy atom. The third-order valence-electron chi connectivity index (χ3n) is 6.23. The van der Waals surface area contributed by atoms with E-state index in [0.717, 1.165) is 27.1 Å². The lowest BCUT2D eigenvalue weighted by atomic mass is 9.95. The Hall–Kier alpha value is -3.72. The van der Waals surface area contributed by atoms with Gasteiger partial charge in [-0.1, -0.05) is 15.9 Å². The minimum atomic E-state index is -1.14. The molecule has 0 radical (unpaired) electrons.